The van der Waals surface area contributed by atoms with Crippen LogP contribution in [0.5, 0.6) is 5.75 Å². The zero-order valence-electron chi connectivity index (χ0n) is 16.7. The van der Waals surface area contributed by atoms with Crippen molar-refractivity contribution in [2.45, 2.75) is 18.7 Å². The quantitative estimate of drug-likeness (QED) is 0.664. The molecule has 1 aliphatic rings. The molecule has 1 heterocycles. The number of rotatable bonds is 7. The van der Waals surface area contributed by atoms with Crippen molar-refractivity contribution < 1.29 is 17.9 Å². The first kappa shape index (κ1) is 20.6. The van der Waals surface area contributed by atoms with Gasteiger partial charge in [-0.2, -0.15) is 4.31 Å². The summed E-state index contributed by atoms with van der Waals surface area (Å²) in [4.78, 5) is 2.56. The molecule has 1 saturated heterocycles. The summed E-state index contributed by atoms with van der Waals surface area (Å²) in [6.45, 7) is 7.45. The van der Waals surface area contributed by atoms with E-state index in [1.165, 1.54) is 16.8 Å². The monoisotopic (exact) mass is 404 g/mol. The fourth-order valence-electron chi connectivity index (χ4n) is 3.35. The number of piperazine rings is 1. The molecular weight excluding hydrogens is 376 g/mol. The summed E-state index contributed by atoms with van der Waals surface area (Å²) in [7, 11) is -1.89. The van der Waals surface area contributed by atoms with Crippen molar-refractivity contribution in [2.75, 3.05) is 51.4 Å². The molecule has 0 bridgehead atoms. The fourth-order valence-corrected chi connectivity index (χ4v) is 4.77. The average molecular weight is 405 g/mol. The number of aryl methyl sites for hydroxylation is 1. The van der Waals surface area contributed by atoms with E-state index < -0.39 is 10.0 Å². The normalized spacial score (nSPS) is 15.6. The molecule has 0 radical (unpaired) electrons. The van der Waals surface area contributed by atoms with Gasteiger partial charge in [-0.1, -0.05) is 12.1 Å². The number of anilines is 1. The van der Waals surface area contributed by atoms with E-state index in [1.54, 1.807) is 35.7 Å². The smallest absolute Gasteiger partial charge is 0.243 e. The molecule has 1 aliphatic heterocycles. The molecule has 152 valence electrons. The second kappa shape index (κ2) is 8.94. The molecular formula is C21H28N2O4S. The Kier molecular flexibility index (Phi) is 6.59. The van der Waals surface area contributed by atoms with E-state index in [2.05, 4.69) is 36.9 Å². The molecule has 0 atom stereocenters. The lowest BCUT2D eigenvalue weighted by molar-refractivity contribution is 0.146. The van der Waals surface area contributed by atoms with E-state index in [4.69, 9.17) is 9.47 Å². The number of methoxy groups -OCH3 is 1. The minimum atomic E-state index is -3.50. The van der Waals surface area contributed by atoms with E-state index in [0.29, 0.717) is 50.0 Å². The highest BCUT2D eigenvalue weighted by molar-refractivity contribution is 7.89. The van der Waals surface area contributed by atoms with Crippen LogP contribution >= 0.6 is 0 Å². The van der Waals surface area contributed by atoms with Gasteiger partial charge in [0.2, 0.25) is 10.0 Å². The van der Waals surface area contributed by atoms with Crippen molar-refractivity contribution in [3.05, 3.63) is 53.6 Å². The largest absolute Gasteiger partial charge is 0.491 e. The fraction of sp³-hybridized carbons (Fsp3) is 0.429. The molecule has 2 aromatic carbocycles. The number of hydrogen-bond donors (Lipinski definition) is 0. The van der Waals surface area contributed by atoms with Gasteiger partial charge < -0.3 is 14.4 Å². The summed E-state index contributed by atoms with van der Waals surface area (Å²) in [6, 6.07) is 12.8. The maximum Gasteiger partial charge on any atom is 0.243 e. The van der Waals surface area contributed by atoms with Gasteiger partial charge in [-0.15, -0.1) is 0 Å². The topological polar surface area (TPSA) is 59.1 Å². The van der Waals surface area contributed by atoms with E-state index in [1.807, 2.05) is 0 Å². The van der Waals surface area contributed by atoms with Crippen LogP contribution in [0.3, 0.4) is 0 Å². The SMILES string of the molecule is COCCOc1ccc(S(=O)(=O)N2CCN(c3cccc(C)c3C)CC2)cc1. The Bertz CT molecular complexity index is 889. The van der Waals surface area contributed by atoms with Crippen molar-refractivity contribution in [1.82, 2.24) is 4.31 Å². The third kappa shape index (κ3) is 4.48. The second-order valence-electron chi connectivity index (χ2n) is 6.92. The van der Waals surface area contributed by atoms with Crippen molar-refractivity contribution >= 4 is 15.7 Å². The van der Waals surface area contributed by atoms with E-state index >= 15 is 0 Å². The third-order valence-electron chi connectivity index (χ3n) is 5.17. The molecule has 0 saturated carbocycles. The van der Waals surface area contributed by atoms with Crippen molar-refractivity contribution in [3.8, 4) is 5.75 Å². The summed E-state index contributed by atoms with van der Waals surface area (Å²) in [5.41, 5.74) is 3.69. The van der Waals surface area contributed by atoms with Gasteiger partial charge >= 0.3 is 0 Å². The van der Waals surface area contributed by atoms with E-state index in [0.717, 1.165) is 0 Å². The Morgan fingerprint density at radius 2 is 1.61 bits per heavy atom. The maximum atomic E-state index is 13.0. The van der Waals surface area contributed by atoms with Crippen molar-refractivity contribution in [1.29, 1.82) is 0 Å². The Labute approximate surface area is 167 Å². The molecule has 6 nitrogen and oxygen atoms in total. The average Bonchev–Trinajstić information content (AvgIpc) is 2.71. The van der Waals surface area contributed by atoms with Crippen LogP contribution in [0, 0.1) is 13.8 Å². The lowest BCUT2D eigenvalue weighted by Gasteiger charge is -2.36. The zero-order chi connectivity index (χ0) is 20.1. The van der Waals surface area contributed by atoms with Gasteiger partial charge in [0.1, 0.15) is 12.4 Å². The minimum absolute atomic E-state index is 0.298. The first-order chi connectivity index (χ1) is 13.4. The van der Waals surface area contributed by atoms with Gasteiger partial charge in [-0.3, -0.25) is 0 Å². The highest BCUT2D eigenvalue weighted by Crippen LogP contribution is 2.26. The summed E-state index contributed by atoms with van der Waals surface area (Å²) >= 11 is 0. The Balaban J connectivity index is 1.65. The second-order valence-corrected chi connectivity index (χ2v) is 8.86. The summed E-state index contributed by atoms with van der Waals surface area (Å²) in [6.07, 6.45) is 0. The molecule has 0 unspecified atom stereocenters. The maximum absolute atomic E-state index is 13.0. The number of ether oxygens (including phenoxy) is 2. The highest BCUT2D eigenvalue weighted by atomic mass is 32.2. The molecule has 0 amide bonds. The summed E-state index contributed by atoms with van der Waals surface area (Å²) in [5, 5.41) is 0. The van der Waals surface area contributed by atoms with Gasteiger partial charge in [0.05, 0.1) is 11.5 Å². The molecule has 7 heteroatoms. The zero-order valence-corrected chi connectivity index (χ0v) is 17.5. The van der Waals surface area contributed by atoms with Crippen LogP contribution in [0.2, 0.25) is 0 Å². The van der Waals surface area contributed by atoms with Crippen LogP contribution in [0.4, 0.5) is 5.69 Å². The standard InChI is InChI=1S/C21H28N2O4S/c1-17-5-4-6-21(18(17)2)22-11-13-23(14-12-22)28(24,25)20-9-7-19(8-10-20)27-16-15-26-3/h4-10H,11-16H2,1-3H3. The molecule has 0 N–H and O–H groups in total. The lowest BCUT2D eigenvalue weighted by Crippen LogP contribution is -2.48. The summed E-state index contributed by atoms with van der Waals surface area (Å²) in [5.74, 6) is 0.635. The van der Waals surface area contributed by atoms with E-state index in [9.17, 15) is 8.42 Å². The number of nitrogens with zero attached hydrogens (tertiary/aromatic N) is 2. The summed E-state index contributed by atoms with van der Waals surface area (Å²) < 4.78 is 38.0. The highest BCUT2D eigenvalue weighted by Gasteiger charge is 2.29. The van der Waals surface area contributed by atoms with Gasteiger partial charge in [0.25, 0.3) is 0 Å². The van der Waals surface area contributed by atoms with Crippen LogP contribution in [-0.4, -0.2) is 59.2 Å². The van der Waals surface area contributed by atoms with Gasteiger partial charge in [-0.05, 0) is 55.3 Å². The first-order valence-electron chi connectivity index (χ1n) is 9.46. The van der Waals surface area contributed by atoms with Crippen LogP contribution in [0.15, 0.2) is 47.4 Å². The molecule has 3 rings (SSSR count). The van der Waals surface area contributed by atoms with E-state index in [-0.39, 0.29) is 0 Å². The van der Waals surface area contributed by atoms with Gasteiger partial charge in [-0.25, -0.2) is 8.42 Å². The number of benzene rings is 2. The molecule has 2 aromatic rings. The van der Waals surface area contributed by atoms with Crippen molar-refractivity contribution in [3.63, 3.8) is 0 Å². The molecule has 0 aliphatic carbocycles. The third-order valence-corrected chi connectivity index (χ3v) is 7.09. The lowest BCUT2D eigenvalue weighted by atomic mass is 10.1. The Morgan fingerprint density at radius 3 is 2.25 bits per heavy atom. The van der Waals surface area contributed by atoms with Gasteiger partial charge in [0.15, 0.2) is 0 Å². The first-order valence-corrected chi connectivity index (χ1v) is 10.9. The predicted octanol–water partition coefficient (Wildman–Crippen LogP) is 2.84. The van der Waals surface area contributed by atoms with Crippen LogP contribution in [0.25, 0.3) is 0 Å². The van der Waals surface area contributed by atoms with Crippen molar-refractivity contribution in [2.24, 2.45) is 0 Å². The van der Waals surface area contributed by atoms with Crippen LogP contribution < -0.4 is 9.64 Å². The Hall–Kier alpha value is -2.09. The van der Waals surface area contributed by atoms with Crippen LogP contribution in [0.1, 0.15) is 11.1 Å². The molecule has 1 fully saturated rings. The van der Waals surface area contributed by atoms with Gasteiger partial charge in [0, 0.05) is 39.0 Å². The number of hydrogen-bond acceptors (Lipinski definition) is 5. The van der Waals surface area contributed by atoms with Crippen LogP contribution in [-0.2, 0) is 14.8 Å². The molecule has 0 spiro atoms. The number of sulfonamides is 1. The minimum Gasteiger partial charge on any atom is -0.491 e. The Morgan fingerprint density at radius 1 is 0.929 bits per heavy atom. The predicted molar refractivity (Wildman–Crippen MR) is 111 cm³/mol. The molecule has 0 aromatic heterocycles. The molecule has 28 heavy (non-hydrogen) atoms.